The topological polar surface area (TPSA) is 66.5 Å². The molecule has 2 aliphatic carbocycles. The van der Waals surface area contributed by atoms with E-state index < -0.39 is 0 Å². The Balaban J connectivity index is 1.68. The van der Waals surface area contributed by atoms with Gasteiger partial charge in [0, 0.05) is 12.6 Å². The molecule has 3 aliphatic rings. The fourth-order valence-corrected chi connectivity index (χ4v) is 4.08. The van der Waals surface area contributed by atoms with Gasteiger partial charge < -0.3 is 5.32 Å². The van der Waals surface area contributed by atoms with E-state index in [-0.39, 0.29) is 41.4 Å². The third-order valence-corrected chi connectivity index (χ3v) is 4.90. The second-order valence-electron chi connectivity index (χ2n) is 6.24. The van der Waals surface area contributed by atoms with Gasteiger partial charge in [-0.2, -0.15) is 0 Å². The Hall–Kier alpha value is -2.43. The van der Waals surface area contributed by atoms with E-state index in [0.29, 0.717) is 11.4 Å². The number of hydrogen-bond acceptors (Lipinski definition) is 3. The van der Waals surface area contributed by atoms with Crippen LogP contribution in [-0.4, -0.2) is 17.7 Å². The van der Waals surface area contributed by atoms with Gasteiger partial charge in [-0.15, -0.1) is 0 Å². The Bertz CT molecular complexity index is 694. The minimum absolute atomic E-state index is 0.105. The second-order valence-corrected chi connectivity index (χ2v) is 6.24. The van der Waals surface area contributed by atoms with Crippen LogP contribution >= 0.6 is 0 Å². The maximum absolute atomic E-state index is 12.7. The Labute approximate surface area is 128 Å². The molecule has 2 bridgehead atoms. The molecule has 4 rings (SSSR count). The molecule has 112 valence electrons. The van der Waals surface area contributed by atoms with Crippen molar-refractivity contribution in [3.63, 3.8) is 0 Å². The summed E-state index contributed by atoms with van der Waals surface area (Å²) in [6.07, 6.45) is 5.08. The number of rotatable bonds is 2. The standard InChI is InChI=1S/C17H16N2O3/c1-9(20)18-12-3-2-4-13(8-12)19-16(21)14-10-5-6-11(7-10)15(14)17(19)22/h2-6,8,10-11,14-15H,7H2,1H3,(H,18,20)/t10-,11+,14-,15+. The lowest BCUT2D eigenvalue weighted by atomic mass is 9.85. The Morgan fingerprint density at radius 3 is 2.36 bits per heavy atom. The Morgan fingerprint density at radius 2 is 1.77 bits per heavy atom. The first-order valence-electron chi connectivity index (χ1n) is 7.50. The molecule has 1 heterocycles. The van der Waals surface area contributed by atoms with E-state index in [1.165, 1.54) is 11.8 Å². The quantitative estimate of drug-likeness (QED) is 0.670. The van der Waals surface area contributed by atoms with Crippen molar-refractivity contribution in [1.82, 2.24) is 0 Å². The maximum atomic E-state index is 12.7. The molecule has 1 aromatic carbocycles. The van der Waals surface area contributed by atoms with Crippen molar-refractivity contribution in [2.45, 2.75) is 13.3 Å². The van der Waals surface area contributed by atoms with Gasteiger partial charge in [-0.3, -0.25) is 14.4 Å². The van der Waals surface area contributed by atoms with E-state index in [0.717, 1.165) is 6.42 Å². The monoisotopic (exact) mass is 296 g/mol. The van der Waals surface area contributed by atoms with E-state index in [2.05, 4.69) is 17.5 Å². The zero-order chi connectivity index (χ0) is 15.4. The summed E-state index contributed by atoms with van der Waals surface area (Å²) in [4.78, 5) is 37.9. The van der Waals surface area contributed by atoms with Gasteiger partial charge in [0.05, 0.1) is 17.5 Å². The van der Waals surface area contributed by atoms with Crippen molar-refractivity contribution < 1.29 is 14.4 Å². The normalized spacial score (nSPS) is 31.8. The SMILES string of the molecule is CC(=O)Nc1cccc(N2C(=O)[C@@H]3[C@H](C2=O)[C@@H]2C=C[C@H]3C2)c1. The summed E-state index contributed by atoms with van der Waals surface area (Å²) < 4.78 is 0. The number of nitrogens with one attached hydrogen (secondary N) is 1. The van der Waals surface area contributed by atoms with Gasteiger partial charge in [-0.1, -0.05) is 18.2 Å². The molecule has 1 N–H and O–H groups in total. The summed E-state index contributed by atoms with van der Waals surface area (Å²) in [5.74, 6) is -0.391. The molecule has 5 nitrogen and oxygen atoms in total. The minimum Gasteiger partial charge on any atom is -0.326 e. The van der Waals surface area contributed by atoms with Crippen LogP contribution in [-0.2, 0) is 14.4 Å². The molecule has 1 saturated carbocycles. The second kappa shape index (κ2) is 4.53. The van der Waals surface area contributed by atoms with E-state index in [1.807, 2.05) is 0 Å². The van der Waals surface area contributed by atoms with Gasteiger partial charge in [0.25, 0.3) is 0 Å². The van der Waals surface area contributed by atoms with Crippen LogP contribution in [0, 0.1) is 23.7 Å². The molecular formula is C17H16N2O3. The number of fused-ring (bicyclic) bond motifs is 5. The lowest BCUT2D eigenvalue weighted by molar-refractivity contribution is -0.123. The number of imide groups is 1. The molecule has 2 fully saturated rings. The van der Waals surface area contributed by atoms with Crippen LogP contribution < -0.4 is 10.2 Å². The molecule has 1 saturated heterocycles. The first kappa shape index (κ1) is 13.2. The zero-order valence-corrected chi connectivity index (χ0v) is 12.2. The first-order valence-corrected chi connectivity index (χ1v) is 7.50. The van der Waals surface area contributed by atoms with Gasteiger partial charge in [0.1, 0.15) is 0 Å². The van der Waals surface area contributed by atoms with Gasteiger partial charge >= 0.3 is 0 Å². The smallest absolute Gasteiger partial charge is 0.238 e. The summed E-state index contributed by atoms with van der Waals surface area (Å²) in [5, 5.41) is 2.68. The average molecular weight is 296 g/mol. The van der Waals surface area contributed by atoms with Crippen molar-refractivity contribution in [2.75, 3.05) is 10.2 Å². The maximum Gasteiger partial charge on any atom is 0.238 e. The lowest BCUT2D eigenvalue weighted by Gasteiger charge is -2.18. The third kappa shape index (κ3) is 1.75. The number of carbonyl (C=O) groups excluding carboxylic acids is 3. The summed E-state index contributed by atoms with van der Waals surface area (Å²) in [7, 11) is 0. The van der Waals surface area contributed by atoms with Crippen LogP contribution in [0.15, 0.2) is 36.4 Å². The van der Waals surface area contributed by atoms with Crippen LogP contribution in [0.4, 0.5) is 11.4 Å². The summed E-state index contributed by atoms with van der Waals surface area (Å²) in [5.41, 5.74) is 1.12. The number of hydrogen-bond donors (Lipinski definition) is 1. The van der Waals surface area contributed by atoms with Crippen molar-refractivity contribution in [3.8, 4) is 0 Å². The highest BCUT2D eigenvalue weighted by atomic mass is 16.2. The molecule has 0 unspecified atom stereocenters. The van der Waals surface area contributed by atoms with Crippen LogP contribution in [0.2, 0.25) is 0 Å². The molecule has 0 aromatic heterocycles. The molecule has 4 atom stereocenters. The number of allylic oxidation sites excluding steroid dienone is 2. The largest absolute Gasteiger partial charge is 0.326 e. The fourth-order valence-electron chi connectivity index (χ4n) is 4.08. The number of benzene rings is 1. The van der Waals surface area contributed by atoms with Crippen LogP contribution in [0.25, 0.3) is 0 Å². The number of nitrogens with zero attached hydrogens (tertiary/aromatic N) is 1. The number of amides is 3. The van der Waals surface area contributed by atoms with Crippen molar-refractivity contribution in [2.24, 2.45) is 23.7 Å². The Kier molecular flexibility index (Phi) is 2.73. The van der Waals surface area contributed by atoms with E-state index >= 15 is 0 Å². The number of anilines is 2. The van der Waals surface area contributed by atoms with Crippen LogP contribution in [0.3, 0.4) is 0 Å². The van der Waals surface area contributed by atoms with Gasteiger partial charge in [0.15, 0.2) is 0 Å². The van der Waals surface area contributed by atoms with E-state index in [4.69, 9.17) is 0 Å². The predicted molar refractivity (Wildman–Crippen MR) is 81.0 cm³/mol. The molecule has 22 heavy (non-hydrogen) atoms. The van der Waals surface area contributed by atoms with Crippen LogP contribution in [0.1, 0.15) is 13.3 Å². The Morgan fingerprint density at radius 1 is 1.14 bits per heavy atom. The highest BCUT2D eigenvalue weighted by molar-refractivity contribution is 6.23. The zero-order valence-electron chi connectivity index (χ0n) is 12.2. The van der Waals surface area contributed by atoms with Crippen molar-refractivity contribution >= 4 is 29.1 Å². The van der Waals surface area contributed by atoms with Crippen molar-refractivity contribution in [1.29, 1.82) is 0 Å². The predicted octanol–water partition coefficient (Wildman–Crippen LogP) is 1.96. The third-order valence-electron chi connectivity index (χ3n) is 4.90. The summed E-state index contributed by atoms with van der Waals surface area (Å²) in [6.45, 7) is 1.42. The molecule has 0 spiro atoms. The van der Waals surface area contributed by atoms with Gasteiger partial charge in [-0.25, -0.2) is 4.90 Å². The van der Waals surface area contributed by atoms with E-state index in [1.54, 1.807) is 24.3 Å². The highest BCUT2D eigenvalue weighted by Crippen LogP contribution is 2.53. The molecule has 0 radical (unpaired) electrons. The lowest BCUT2D eigenvalue weighted by Crippen LogP contribution is -2.32. The molecule has 1 aromatic rings. The van der Waals surface area contributed by atoms with Gasteiger partial charge in [-0.05, 0) is 36.5 Å². The average Bonchev–Trinajstić information content (AvgIpc) is 3.12. The number of carbonyl (C=O) groups is 3. The first-order chi connectivity index (χ1) is 10.6. The summed E-state index contributed by atoms with van der Waals surface area (Å²) >= 11 is 0. The minimum atomic E-state index is -0.202. The molecule has 1 aliphatic heterocycles. The molecule has 3 amide bonds. The fraction of sp³-hybridized carbons (Fsp3) is 0.353. The van der Waals surface area contributed by atoms with E-state index in [9.17, 15) is 14.4 Å². The molecular weight excluding hydrogens is 280 g/mol. The summed E-state index contributed by atoms with van der Waals surface area (Å²) in [6, 6.07) is 6.88. The molecule has 5 heteroatoms. The van der Waals surface area contributed by atoms with Gasteiger partial charge in [0.2, 0.25) is 17.7 Å². The highest BCUT2D eigenvalue weighted by Gasteiger charge is 2.59. The van der Waals surface area contributed by atoms with Crippen molar-refractivity contribution in [3.05, 3.63) is 36.4 Å². The van der Waals surface area contributed by atoms with Crippen LogP contribution in [0.5, 0.6) is 0 Å².